The Hall–Kier alpha value is -2.44. The van der Waals surface area contributed by atoms with E-state index in [4.69, 9.17) is 5.73 Å². The van der Waals surface area contributed by atoms with E-state index in [0.717, 1.165) is 17.7 Å². The van der Waals surface area contributed by atoms with Gasteiger partial charge in [-0.3, -0.25) is 9.89 Å². The van der Waals surface area contributed by atoms with Crippen molar-refractivity contribution in [1.29, 1.82) is 0 Å². The van der Waals surface area contributed by atoms with Crippen LogP contribution in [0.2, 0.25) is 0 Å². The number of carbonyl (C=O) groups is 1. The minimum Gasteiger partial charge on any atom is -0.396 e. The molecule has 0 aliphatic rings. The standard InChI is InChI=1S/C12H12F2N4O/c1-18(6-7-4-16-17-5-7)12(19)10-8(13)2-3-9(15)11(10)14/h2-5H,6,15H2,1H3,(H,16,17). The number of hydrogen-bond acceptors (Lipinski definition) is 3. The Labute approximate surface area is 108 Å². The van der Waals surface area contributed by atoms with E-state index >= 15 is 0 Å². The number of carbonyl (C=O) groups excluding carboxylic acids is 1. The van der Waals surface area contributed by atoms with Crippen molar-refractivity contribution in [3.8, 4) is 0 Å². The second kappa shape index (κ2) is 5.05. The molecule has 2 aromatic rings. The van der Waals surface area contributed by atoms with Gasteiger partial charge in [0.15, 0.2) is 5.82 Å². The van der Waals surface area contributed by atoms with E-state index in [-0.39, 0.29) is 12.2 Å². The van der Waals surface area contributed by atoms with Crippen molar-refractivity contribution in [2.75, 3.05) is 12.8 Å². The third kappa shape index (κ3) is 2.54. The zero-order chi connectivity index (χ0) is 14.0. The number of H-pyrrole nitrogens is 1. The van der Waals surface area contributed by atoms with Crippen molar-refractivity contribution in [3.05, 3.63) is 47.3 Å². The minimum atomic E-state index is -1.04. The number of nitrogen functional groups attached to an aromatic ring is 1. The molecular formula is C12H12F2N4O. The number of anilines is 1. The van der Waals surface area contributed by atoms with E-state index in [1.165, 1.54) is 18.1 Å². The molecule has 0 radical (unpaired) electrons. The molecule has 7 heteroatoms. The zero-order valence-corrected chi connectivity index (χ0v) is 10.2. The first-order valence-electron chi connectivity index (χ1n) is 5.47. The number of rotatable bonds is 3. The van der Waals surface area contributed by atoms with Gasteiger partial charge < -0.3 is 10.6 Å². The Morgan fingerprint density at radius 2 is 2.21 bits per heavy atom. The molecule has 0 spiro atoms. The van der Waals surface area contributed by atoms with Crippen LogP contribution >= 0.6 is 0 Å². The molecule has 19 heavy (non-hydrogen) atoms. The lowest BCUT2D eigenvalue weighted by atomic mass is 10.1. The number of nitrogens with two attached hydrogens (primary N) is 1. The third-order valence-corrected chi connectivity index (χ3v) is 2.66. The average molecular weight is 266 g/mol. The number of halogens is 2. The maximum atomic E-state index is 13.7. The second-order valence-corrected chi connectivity index (χ2v) is 4.09. The topological polar surface area (TPSA) is 75.0 Å². The highest BCUT2D eigenvalue weighted by Crippen LogP contribution is 2.20. The first-order valence-corrected chi connectivity index (χ1v) is 5.47. The lowest BCUT2D eigenvalue weighted by Gasteiger charge is -2.17. The molecule has 2 rings (SSSR count). The fourth-order valence-corrected chi connectivity index (χ4v) is 1.67. The summed E-state index contributed by atoms with van der Waals surface area (Å²) in [5.41, 5.74) is 5.15. The van der Waals surface area contributed by atoms with Crippen LogP contribution in [0.25, 0.3) is 0 Å². The summed E-state index contributed by atoms with van der Waals surface area (Å²) >= 11 is 0. The van der Waals surface area contributed by atoms with Crippen molar-refractivity contribution in [2.45, 2.75) is 6.54 Å². The van der Waals surface area contributed by atoms with Crippen LogP contribution in [0.1, 0.15) is 15.9 Å². The van der Waals surface area contributed by atoms with Crippen LogP contribution in [-0.4, -0.2) is 28.1 Å². The number of aromatic nitrogens is 2. The monoisotopic (exact) mass is 266 g/mol. The Balaban J connectivity index is 2.27. The smallest absolute Gasteiger partial charge is 0.259 e. The Bertz CT molecular complexity index is 598. The first kappa shape index (κ1) is 13.0. The van der Waals surface area contributed by atoms with E-state index in [1.54, 1.807) is 6.20 Å². The lowest BCUT2D eigenvalue weighted by molar-refractivity contribution is 0.0775. The summed E-state index contributed by atoms with van der Waals surface area (Å²) in [6.45, 7) is 0.184. The number of nitrogens with zero attached hydrogens (tertiary/aromatic N) is 2. The van der Waals surface area contributed by atoms with E-state index in [0.29, 0.717) is 0 Å². The molecule has 1 aromatic carbocycles. The van der Waals surface area contributed by atoms with Crippen LogP contribution in [0.15, 0.2) is 24.5 Å². The molecule has 0 aliphatic heterocycles. The summed E-state index contributed by atoms with van der Waals surface area (Å²) in [6, 6.07) is 2.05. The van der Waals surface area contributed by atoms with Gasteiger partial charge in [-0.2, -0.15) is 5.10 Å². The van der Waals surface area contributed by atoms with Gasteiger partial charge in [0.2, 0.25) is 0 Å². The van der Waals surface area contributed by atoms with Gasteiger partial charge in [0, 0.05) is 25.4 Å². The average Bonchev–Trinajstić information content (AvgIpc) is 2.87. The van der Waals surface area contributed by atoms with Crippen molar-refractivity contribution >= 4 is 11.6 Å². The highest BCUT2D eigenvalue weighted by atomic mass is 19.1. The summed E-state index contributed by atoms with van der Waals surface area (Å²) in [5, 5.41) is 6.31. The number of benzene rings is 1. The fraction of sp³-hybridized carbons (Fsp3) is 0.167. The molecule has 0 unspecified atom stereocenters. The van der Waals surface area contributed by atoms with E-state index in [2.05, 4.69) is 10.2 Å². The van der Waals surface area contributed by atoms with Crippen molar-refractivity contribution in [1.82, 2.24) is 15.1 Å². The lowest BCUT2D eigenvalue weighted by Crippen LogP contribution is -2.28. The van der Waals surface area contributed by atoms with Gasteiger partial charge in [-0.15, -0.1) is 0 Å². The first-order chi connectivity index (χ1) is 9.00. The molecule has 1 amide bonds. The minimum absolute atomic E-state index is 0.184. The van der Waals surface area contributed by atoms with Crippen LogP contribution in [0.3, 0.4) is 0 Å². The molecular weight excluding hydrogens is 254 g/mol. The predicted molar refractivity (Wildman–Crippen MR) is 65.2 cm³/mol. The molecule has 0 saturated heterocycles. The maximum Gasteiger partial charge on any atom is 0.259 e. The molecule has 1 aromatic heterocycles. The van der Waals surface area contributed by atoms with Crippen LogP contribution in [-0.2, 0) is 6.54 Å². The van der Waals surface area contributed by atoms with Gasteiger partial charge in [0.05, 0.1) is 11.9 Å². The summed E-state index contributed by atoms with van der Waals surface area (Å²) in [7, 11) is 1.44. The van der Waals surface area contributed by atoms with Gasteiger partial charge in [-0.05, 0) is 12.1 Å². The Morgan fingerprint density at radius 1 is 1.47 bits per heavy atom. The molecule has 1 heterocycles. The Kier molecular flexibility index (Phi) is 3.46. The van der Waals surface area contributed by atoms with Crippen molar-refractivity contribution in [2.24, 2.45) is 0 Å². The maximum absolute atomic E-state index is 13.7. The molecule has 0 aliphatic carbocycles. The van der Waals surface area contributed by atoms with Crippen LogP contribution in [0.5, 0.6) is 0 Å². The zero-order valence-electron chi connectivity index (χ0n) is 10.2. The van der Waals surface area contributed by atoms with Crippen LogP contribution in [0.4, 0.5) is 14.5 Å². The third-order valence-electron chi connectivity index (χ3n) is 2.66. The fourth-order valence-electron chi connectivity index (χ4n) is 1.67. The number of amides is 1. The van der Waals surface area contributed by atoms with Crippen LogP contribution in [0, 0.1) is 11.6 Å². The van der Waals surface area contributed by atoms with Gasteiger partial charge in [-0.1, -0.05) is 0 Å². The van der Waals surface area contributed by atoms with Gasteiger partial charge in [0.25, 0.3) is 5.91 Å². The summed E-state index contributed by atoms with van der Waals surface area (Å²) in [4.78, 5) is 13.2. The molecule has 5 nitrogen and oxygen atoms in total. The SMILES string of the molecule is CN(Cc1cn[nH]c1)C(=O)c1c(F)ccc(N)c1F. The van der Waals surface area contributed by atoms with Gasteiger partial charge >= 0.3 is 0 Å². The van der Waals surface area contributed by atoms with Crippen molar-refractivity contribution in [3.63, 3.8) is 0 Å². The molecule has 0 saturated carbocycles. The molecule has 0 bridgehead atoms. The molecule has 0 fully saturated rings. The van der Waals surface area contributed by atoms with E-state index in [9.17, 15) is 13.6 Å². The summed E-state index contributed by atoms with van der Waals surface area (Å²) in [5.74, 6) is -2.75. The van der Waals surface area contributed by atoms with Gasteiger partial charge in [0.1, 0.15) is 11.4 Å². The quantitative estimate of drug-likeness (QED) is 0.827. The van der Waals surface area contributed by atoms with E-state index in [1.807, 2.05) is 0 Å². The number of nitrogens with one attached hydrogen (secondary N) is 1. The largest absolute Gasteiger partial charge is 0.396 e. The molecule has 3 N–H and O–H groups in total. The molecule has 0 atom stereocenters. The number of hydrogen-bond donors (Lipinski definition) is 2. The van der Waals surface area contributed by atoms with E-state index < -0.39 is 23.1 Å². The normalized spacial score (nSPS) is 10.5. The summed E-state index contributed by atoms with van der Waals surface area (Å²) < 4.78 is 27.3. The Morgan fingerprint density at radius 3 is 2.84 bits per heavy atom. The highest BCUT2D eigenvalue weighted by Gasteiger charge is 2.22. The highest BCUT2D eigenvalue weighted by molar-refractivity contribution is 5.95. The number of aromatic amines is 1. The van der Waals surface area contributed by atoms with Crippen LogP contribution < -0.4 is 5.73 Å². The van der Waals surface area contributed by atoms with Gasteiger partial charge in [-0.25, -0.2) is 8.78 Å². The van der Waals surface area contributed by atoms with Crippen molar-refractivity contribution < 1.29 is 13.6 Å². The summed E-state index contributed by atoms with van der Waals surface area (Å²) in [6.07, 6.45) is 3.12. The predicted octanol–water partition coefficient (Wildman–Crippen LogP) is 1.54. The second-order valence-electron chi connectivity index (χ2n) is 4.09. The molecule has 100 valence electrons.